The first-order valence-corrected chi connectivity index (χ1v) is 8.03. The molecule has 2 rings (SSSR count). The number of nitrogens with zero attached hydrogens (tertiary/aromatic N) is 3. The molecule has 0 saturated carbocycles. The third-order valence-electron chi connectivity index (χ3n) is 4.24. The van der Waals surface area contributed by atoms with Crippen LogP contribution in [-0.2, 0) is 4.79 Å². The standard InChI is InChI=1S/C16H26N4O/c1-4-13(5-2)16(21)17-14-8-9-15(19-18-14)20-10-6-7-12(3)11-20/h8-9,12-13H,4-7,10-11H2,1-3H3,(H,17,18,21). The number of aromatic nitrogens is 2. The van der Waals surface area contributed by atoms with Crippen LogP contribution in [0.3, 0.4) is 0 Å². The highest BCUT2D eigenvalue weighted by atomic mass is 16.1. The van der Waals surface area contributed by atoms with Gasteiger partial charge in [-0.1, -0.05) is 20.8 Å². The fraction of sp³-hybridized carbons (Fsp3) is 0.688. The maximum atomic E-state index is 12.0. The molecule has 5 nitrogen and oxygen atoms in total. The minimum atomic E-state index is 0.0358. The molecule has 5 heteroatoms. The van der Waals surface area contributed by atoms with Gasteiger partial charge >= 0.3 is 0 Å². The number of piperidine rings is 1. The summed E-state index contributed by atoms with van der Waals surface area (Å²) in [5.74, 6) is 2.24. The molecule has 0 radical (unpaired) electrons. The van der Waals surface area contributed by atoms with Crippen molar-refractivity contribution in [1.29, 1.82) is 0 Å². The molecule has 1 unspecified atom stereocenters. The zero-order valence-electron chi connectivity index (χ0n) is 13.3. The Labute approximate surface area is 127 Å². The van der Waals surface area contributed by atoms with Gasteiger partial charge in [-0.15, -0.1) is 10.2 Å². The first-order chi connectivity index (χ1) is 10.1. The van der Waals surface area contributed by atoms with E-state index in [1.165, 1.54) is 12.8 Å². The molecule has 0 aliphatic carbocycles. The van der Waals surface area contributed by atoms with Crippen molar-refractivity contribution < 1.29 is 4.79 Å². The van der Waals surface area contributed by atoms with Gasteiger partial charge in [0.1, 0.15) is 0 Å². The van der Waals surface area contributed by atoms with Crippen LogP contribution in [-0.4, -0.2) is 29.2 Å². The summed E-state index contributed by atoms with van der Waals surface area (Å²) in [5.41, 5.74) is 0. The number of nitrogens with one attached hydrogen (secondary N) is 1. The number of hydrogen-bond donors (Lipinski definition) is 1. The minimum absolute atomic E-state index is 0.0358. The second kappa shape index (κ2) is 7.38. The molecule has 1 fully saturated rings. The fourth-order valence-corrected chi connectivity index (χ4v) is 2.85. The van der Waals surface area contributed by atoms with Gasteiger partial charge in [0.05, 0.1) is 0 Å². The molecule has 21 heavy (non-hydrogen) atoms. The quantitative estimate of drug-likeness (QED) is 0.905. The van der Waals surface area contributed by atoms with Crippen LogP contribution in [0.2, 0.25) is 0 Å². The number of hydrogen-bond acceptors (Lipinski definition) is 4. The van der Waals surface area contributed by atoms with Gasteiger partial charge in [-0.25, -0.2) is 0 Å². The number of carbonyl (C=O) groups is 1. The van der Waals surface area contributed by atoms with E-state index < -0.39 is 0 Å². The predicted octanol–water partition coefficient (Wildman–Crippen LogP) is 3.09. The normalized spacial score (nSPS) is 18.9. The first-order valence-electron chi connectivity index (χ1n) is 8.03. The average molecular weight is 290 g/mol. The van der Waals surface area contributed by atoms with Crippen molar-refractivity contribution >= 4 is 17.5 Å². The third-order valence-corrected chi connectivity index (χ3v) is 4.24. The molecular weight excluding hydrogens is 264 g/mol. The predicted molar refractivity (Wildman–Crippen MR) is 85.3 cm³/mol. The smallest absolute Gasteiger partial charge is 0.228 e. The van der Waals surface area contributed by atoms with Crippen LogP contribution in [0.15, 0.2) is 12.1 Å². The Morgan fingerprint density at radius 1 is 1.38 bits per heavy atom. The lowest BCUT2D eigenvalue weighted by atomic mass is 10.0. The van der Waals surface area contributed by atoms with Crippen LogP contribution >= 0.6 is 0 Å². The monoisotopic (exact) mass is 290 g/mol. The molecule has 1 amide bonds. The molecule has 116 valence electrons. The molecule has 1 saturated heterocycles. The molecule has 0 bridgehead atoms. The summed E-state index contributed by atoms with van der Waals surface area (Å²) in [6.45, 7) is 8.40. The van der Waals surface area contributed by atoms with Crippen molar-refractivity contribution in [2.75, 3.05) is 23.3 Å². The first kappa shape index (κ1) is 15.7. The van der Waals surface area contributed by atoms with Gasteiger partial charge in [-0.05, 0) is 43.7 Å². The van der Waals surface area contributed by atoms with E-state index in [0.29, 0.717) is 11.7 Å². The zero-order chi connectivity index (χ0) is 15.2. The van der Waals surface area contributed by atoms with E-state index in [-0.39, 0.29) is 11.8 Å². The van der Waals surface area contributed by atoms with Crippen LogP contribution in [0.25, 0.3) is 0 Å². The summed E-state index contributed by atoms with van der Waals surface area (Å²) in [6.07, 6.45) is 4.18. The summed E-state index contributed by atoms with van der Waals surface area (Å²) >= 11 is 0. The van der Waals surface area contributed by atoms with Gasteiger partial charge in [-0.3, -0.25) is 4.79 Å². The molecule has 1 aromatic rings. The second-order valence-corrected chi connectivity index (χ2v) is 5.97. The van der Waals surface area contributed by atoms with Crippen molar-refractivity contribution in [3.63, 3.8) is 0 Å². The second-order valence-electron chi connectivity index (χ2n) is 5.97. The minimum Gasteiger partial charge on any atom is -0.355 e. The summed E-state index contributed by atoms with van der Waals surface area (Å²) < 4.78 is 0. The van der Waals surface area contributed by atoms with Crippen molar-refractivity contribution in [2.24, 2.45) is 11.8 Å². The Balaban J connectivity index is 1.97. The molecule has 1 aromatic heterocycles. The largest absolute Gasteiger partial charge is 0.355 e. The average Bonchev–Trinajstić information content (AvgIpc) is 2.49. The lowest BCUT2D eigenvalue weighted by molar-refractivity contribution is -0.120. The number of carbonyl (C=O) groups excluding carboxylic acids is 1. The lowest BCUT2D eigenvalue weighted by Gasteiger charge is -2.31. The SMILES string of the molecule is CCC(CC)C(=O)Nc1ccc(N2CCCC(C)C2)nn1. The van der Waals surface area contributed by atoms with E-state index in [2.05, 4.69) is 27.3 Å². The maximum Gasteiger partial charge on any atom is 0.228 e. The van der Waals surface area contributed by atoms with E-state index in [4.69, 9.17) is 0 Å². The van der Waals surface area contributed by atoms with Gasteiger partial charge in [-0.2, -0.15) is 0 Å². The lowest BCUT2D eigenvalue weighted by Crippen LogP contribution is -2.35. The van der Waals surface area contributed by atoms with Crippen LogP contribution in [0.4, 0.5) is 11.6 Å². The Kier molecular flexibility index (Phi) is 5.53. The van der Waals surface area contributed by atoms with Crippen LogP contribution in [0.5, 0.6) is 0 Å². The summed E-state index contributed by atoms with van der Waals surface area (Å²) in [6, 6.07) is 3.80. The van der Waals surface area contributed by atoms with Crippen molar-refractivity contribution in [1.82, 2.24) is 10.2 Å². The van der Waals surface area contributed by atoms with Gasteiger partial charge in [0, 0.05) is 19.0 Å². The number of amides is 1. The highest BCUT2D eigenvalue weighted by Gasteiger charge is 2.18. The topological polar surface area (TPSA) is 58.1 Å². The van der Waals surface area contributed by atoms with Crippen LogP contribution in [0, 0.1) is 11.8 Å². The molecular formula is C16H26N4O. The van der Waals surface area contributed by atoms with E-state index in [1.54, 1.807) is 0 Å². The van der Waals surface area contributed by atoms with Gasteiger partial charge in [0.25, 0.3) is 0 Å². The fourth-order valence-electron chi connectivity index (χ4n) is 2.85. The van der Waals surface area contributed by atoms with E-state index in [1.807, 2.05) is 26.0 Å². The maximum absolute atomic E-state index is 12.0. The molecule has 1 aliphatic rings. The Bertz CT molecular complexity index is 456. The zero-order valence-corrected chi connectivity index (χ0v) is 13.3. The van der Waals surface area contributed by atoms with Crippen LogP contribution < -0.4 is 10.2 Å². The van der Waals surface area contributed by atoms with Crippen molar-refractivity contribution in [3.8, 4) is 0 Å². The van der Waals surface area contributed by atoms with E-state index in [9.17, 15) is 4.79 Å². The van der Waals surface area contributed by atoms with Gasteiger partial charge in [0.2, 0.25) is 5.91 Å². The molecule has 1 aliphatic heterocycles. The molecule has 0 spiro atoms. The van der Waals surface area contributed by atoms with E-state index in [0.717, 1.165) is 31.7 Å². The summed E-state index contributed by atoms with van der Waals surface area (Å²) in [4.78, 5) is 14.3. The van der Waals surface area contributed by atoms with Crippen molar-refractivity contribution in [2.45, 2.75) is 46.5 Å². The highest BCUT2D eigenvalue weighted by Crippen LogP contribution is 2.21. The molecule has 0 aromatic carbocycles. The van der Waals surface area contributed by atoms with E-state index >= 15 is 0 Å². The van der Waals surface area contributed by atoms with Crippen LogP contribution in [0.1, 0.15) is 46.5 Å². The van der Waals surface area contributed by atoms with Gasteiger partial charge in [0.15, 0.2) is 11.6 Å². The molecule has 2 heterocycles. The highest BCUT2D eigenvalue weighted by molar-refractivity contribution is 5.91. The van der Waals surface area contributed by atoms with Gasteiger partial charge < -0.3 is 10.2 Å². The summed E-state index contributed by atoms with van der Waals surface area (Å²) in [5, 5.41) is 11.3. The third kappa shape index (κ3) is 4.16. The Hall–Kier alpha value is -1.65. The summed E-state index contributed by atoms with van der Waals surface area (Å²) in [7, 11) is 0. The number of anilines is 2. The van der Waals surface area contributed by atoms with Crippen molar-refractivity contribution in [3.05, 3.63) is 12.1 Å². The number of rotatable bonds is 5. The Morgan fingerprint density at radius 3 is 2.71 bits per heavy atom. The molecule has 1 N–H and O–H groups in total. The molecule has 1 atom stereocenters. The Morgan fingerprint density at radius 2 is 2.14 bits per heavy atom.